The van der Waals surface area contributed by atoms with Crippen LogP contribution in [0.15, 0.2) is 18.2 Å². The van der Waals surface area contributed by atoms with E-state index in [0.29, 0.717) is 0 Å². The molecule has 2 heteroatoms. The number of hydrogen-bond acceptors (Lipinski definition) is 2. The smallest absolute Gasteiger partial charge is 0.0853 e. The molecule has 0 atom stereocenters. The van der Waals surface area contributed by atoms with E-state index in [1.807, 2.05) is 18.2 Å². The fourth-order valence-corrected chi connectivity index (χ4v) is 1.52. The van der Waals surface area contributed by atoms with Gasteiger partial charge in [0.05, 0.1) is 12.3 Å². The predicted octanol–water partition coefficient (Wildman–Crippen LogP) is 2.65. The number of aliphatic hydroxyl groups excluding tert-OH is 1. The van der Waals surface area contributed by atoms with Crippen molar-refractivity contribution >= 4 is 0 Å². The van der Waals surface area contributed by atoms with Crippen molar-refractivity contribution in [2.24, 2.45) is 0 Å². The molecule has 0 aliphatic rings. The van der Waals surface area contributed by atoms with Gasteiger partial charge in [0, 0.05) is 11.1 Å². The molecule has 1 aromatic rings. The average Bonchev–Trinajstić information content (AvgIpc) is 2.28. The molecule has 1 heterocycles. The van der Waals surface area contributed by atoms with E-state index < -0.39 is 0 Å². The molecular weight excluding hydrogens is 174 g/mol. The van der Waals surface area contributed by atoms with E-state index in [1.54, 1.807) is 0 Å². The summed E-state index contributed by atoms with van der Waals surface area (Å²) in [5.41, 5.74) is 2.00. The molecular formula is C12H19NO. The average molecular weight is 193 g/mol. The molecule has 0 saturated heterocycles. The summed E-state index contributed by atoms with van der Waals surface area (Å²) >= 11 is 0. The van der Waals surface area contributed by atoms with E-state index in [4.69, 9.17) is 5.11 Å². The van der Waals surface area contributed by atoms with Gasteiger partial charge in [0.25, 0.3) is 0 Å². The standard InChI is InChI=1S/C12H19NO/c1-4-12(3,5-2)11-8-6-7-10(9-14)13-11/h6-8,14H,4-5,9H2,1-3H3. The summed E-state index contributed by atoms with van der Waals surface area (Å²) < 4.78 is 0. The van der Waals surface area contributed by atoms with Crippen LogP contribution >= 0.6 is 0 Å². The maximum atomic E-state index is 9.01. The molecule has 0 unspecified atom stereocenters. The maximum absolute atomic E-state index is 9.01. The van der Waals surface area contributed by atoms with Crippen LogP contribution in [0.25, 0.3) is 0 Å². The van der Waals surface area contributed by atoms with Crippen molar-refractivity contribution in [2.75, 3.05) is 0 Å². The van der Waals surface area contributed by atoms with Crippen molar-refractivity contribution in [1.82, 2.24) is 4.98 Å². The first-order valence-electron chi connectivity index (χ1n) is 5.23. The summed E-state index contributed by atoms with van der Waals surface area (Å²) in [5.74, 6) is 0. The Bertz CT molecular complexity index is 292. The van der Waals surface area contributed by atoms with Gasteiger partial charge in [-0.3, -0.25) is 4.98 Å². The van der Waals surface area contributed by atoms with Gasteiger partial charge in [0.1, 0.15) is 0 Å². The van der Waals surface area contributed by atoms with Crippen LogP contribution in [0.2, 0.25) is 0 Å². The Kier molecular flexibility index (Phi) is 3.64. The number of nitrogens with zero attached hydrogens (tertiary/aromatic N) is 1. The lowest BCUT2D eigenvalue weighted by molar-refractivity contribution is 0.275. The summed E-state index contributed by atoms with van der Waals surface area (Å²) in [6.45, 7) is 6.60. The Balaban J connectivity index is 3.04. The summed E-state index contributed by atoms with van der Waals surface area (Å²) in [6.07, 6.45) is 2.15. The predicted molar refractivity (Wildman–Crippen MR) is 58.1 cm³/mol. The Morgan fingerprint density at radius 3 is 2.43 bits per heavy atom. The first kappa shape index (κ1) is 11.2. The first-order valence-corrected chi connectivity index (χ1v) is 5.23. The zero-order chi connectivity index (χ0) is 10.6. The second kappa shape index (κ2) is 4.56. The van der Waals surface area contributed by atoms with Crippen molar-refractivity contribution in [1.29, 1.82) is 0 Å². The molecule has 1 N–H and O–H groups in total. The molecule has 2 nitrogen and oxygen atoms in total. The fraction of sp³-hybridized carbons (Fsp3) is 0.583. The minimum absolute atomic E-state index is 0.0251. The van der Waals surface area contributed by atoms with Gasteiger partial charge in [-0.05, 0) is 25.0 Å². The molecule has 0 saturated carbocycles. The van der Waals surface area contributed by atoms with E-state index in [9.17, 15) is 0 Å². The van der Waals surface area contributed by atoms with Gasteiger partial charge >= 0.3 is 0 Å². The molecule has 0 aliphatic heterocycles. The van der Waals surface area contributed by atoms with Crippen LogP contribution in [-0.2, 0) is 12.0 Å². The highest BCUT2D eigenvalue weighted by Gasteiger charge is 2.23. The maximum Gasteiger partial charge on any atom is 0.0853 e. The van der Waals surface area contributed by atoms with E-state index in [-0.39, 0.29) is 12.0 Å². The molecule has 0 aliphatic carbocycles. The highest BCUT2D eigenvalue weighted by Crippen LogP contribution is 2.29. The quantitative estimate of drug-likeness (QED) is 0.797. The lowest BCUT2D eigenvalue weighted by Gasteiger charge is -2.26. The van der Waals surface area contributed by atoms with Gasteiger partial charge in [0.15, 0.2) is 0 Å². The number of rotatable bonds is 4. The third kappa shape index (κ3) is 2.13. The van der Waals surface area contributed by atoms with Crippen molar-refractivity contribution in [3.05, 3.63) is 29.6 Å². The van der Waals surface area contributed by atoms with Crippen molar-refractivity contribution in [3.8, 4) is 0 Å². The van der Waals surface area contributed by atoms with Gasteiger partial charge in [-0.25, -0.2) is 0 Å². The third-order valence-electron chi connectivity index (χ3n) is 3.15. The van der Waals surface area contributed by atoms with Crippen molar-refractivity contribution in [3.63, 3.8) is 0 Å². The summed E-state index contributed by atoms with van der Waals surface area (Å²) in [5, 5.41) is 9.01. The number of pyridine rings is 1. The number of aromatic nitrogens is 1. The van der Waals surface area contributed by atoms with Crippen LogP contribution in [-0.4, -0.2) is 10.1 Å². The second-order valence-electron chi connectivity index (χ2n) is 3.94. The molecule has 0 fully saturated rings. The van der Waals surface area contributed by atoms with E-state index in [0.717, 1.165) is 24.2 Å². The molecule has 0 radical (unpaired) electrons. The Hall–Kier alpha value is -0.890. The van der Waals surface area contributed by atoms with Gasteiger partial charge in [-0.2, -0.15) is 0 Å². The normalized spacial score (nSPS) is 11.7. The van der Waals surface area contributed by atoms with Crippen LogP contribution in [0.5, 0.6) is 0 Å². The van der Waals surface area contributed by atoms with Gasteiger partial charge in [0.2, 0.25) is 0 Å². The number of hydrogen-bond donors (Lipinski definition) is 1. The van der Waals surface area contributed by atoms with E-state index in [1.165, 1.54) is 0 Å². The van der Waals surface area contributed by atoms with Crippen LogP contribution in [0.3, 0.4) is 0 Å². The zero-order valence-corrected chi connectivity index (χ0v) is 9.25. The highest BCUT2D eigenvalue weighted by atomic mass is 16.3. The second-order valence-corrected chi connectivity index (χ2v) is 3.94. The Morgan fingerprint density at radius 1 is 1.29 bits per heavy atom. The molecule has 1 aromatic heterocycles. The van der Waals surface area contributed by atoms with Crippen molar-refractivity contribution < 1.29 is 5.11 Å². The first-order chi connectivity index (χ1) is 6.66. The summed E-state index contributed by atoms with van der Waals surface area (Å²) in [7, 11) is 0. The zero-order valence-electron chi connectivity index (χ0n) is 9.25. The summed E-state index contributed by atoms with van der Waals surface area (Å²) in [4.78, 5) is 4.46. The Labute approximate surface area is 86.0 Å². The van der Waals surface area contributed by atoms with E-state index >= 15 is 0 Å². The SMILES string of the molecule is CCC(C)(CC)c1cccc(CO)n1. The monoisotopic (exact) mass is 193 g/mol. The van der Waals surface area contributed by atoms with E-state index in [2.05, 4.69) is 25.8 Å². The molecule has 0 aromatic carbocycles. The van der Waals surface area contributed by atoms with Crippen LogP contribution in [0.4, 0.5) is 0 Å². The molecule has 1 rings (SSSR count). The van der Waals surface area contributed by atoms with Gasteiger partial charge in [-0.15, -0.1) is 0 Å². The van der Waals surface area contributed by atoms with Crippen LogP contribution in [0, 0.1) is 0 Å². The van der Waals surface area contributed by atoms with Crippen LogP contribution < -0.4 is 0 Å². The molecule has 14 heavy (non-hydrogen) atoms. The topological polar surface area (TPSA) is 33.1 Å². The molecule has 0 bridgehead atoms. The minimum atomic E-state index is 0.0251. The van der Waals surface area contributed by atoms with Gasteiger partial charge < -0.3 is 5.11 Å². The van der Waals surface area contributed by atoms with Crippen LogP contribution in [0.1, 0.15) is 45.0 Å². The lowest BCUT2D eigenvalue weighted by Crippen LogP contribution is -2.21. The van der Waals surface area contributed by atoms with Crippen molar-refractivity contribution in [2.45, 2.75) is 45.6 Å². The molecule has 0 spiro atoms. The van der Waals surface area contributed by atoms with Gasteiger partial charge in [-0.1, -0.05) is 26.8 Å². The largest absolute Gasteiger partial charge is 0.390 e. The lowest BCUT2D eigenvalue weighted by atomic mass is 9.81. The summed E-state index contributed by atoms with van der Waals surface area (Å²) in [6, 6.07) is 5.87. The highest BCUT2D eigenvalue weighted by molar-refractivity contribution is 5.18. The minimum Gasteiger partial charge on any atom is -0.390 e. The Morgan fingerprint density at radius 2 is 1.93 bits per heavy atom. The molecule has 78 valence electrons. The third-order valence-corrected chi connectivity index (χ3v) is 3.15. The number of aliphatic hydroxyl groups is 1. The fourth-order valence-electron chi connectivity index (χ4n) is 1.52. The molecule has 0 amide bonds.